The van der Waals surface area contributed by atoms with Crippen LogP contribution in [0.15, 0.2) is 42.5 Å². The van der Waals surface area contributed by atoms with Gasteiger partial charge in [0.05, 0.1) is 0 Å². The molecular formula is C13H12ClNO. The highest BCUT2D eigenvalue weighted by Crippen LogP contribution is 2.24. The van der Waals surface area contributed by atoms with E-state index < -0.39 is 0 Å². The van der Waals surface area contributed by atoms with Gasteiger partial charge in [-0.15, -0.1) is 0 Å². The van der Waals surface area contributed by atoms with Crippen molar-refractivity contribution in [3.05, 3.63) is 58.6 Å². The smallest absolute Gasteiger partial charge is 0.119 e. The van der Waals surface area contributed by atoms with Gasteiger partial charge in [-0.05, 0) is 35.4 Å². The van der Waals surface area contributed by atoms with Crippen LogP contribution in [0.3, 0.4) is 0 Å². The summed E-state index contributed by atoms with van der Waals surface area (Å²) >= 11 is 5.90. The van der Waals surface area contributed by atoms with Gasteiger partial charge in [-0.1, -0.05) is 29.8 Å². The van der Waals surface area contributed by atoms with Gasteiger partial charge in [-0.3, -0.25) is 0 Å². The van der Waals surface area contributed by atoms with Crippen LogP contribution in [0, 0.1) is 0 Å². The summed E-state index contributed by atoms with van der Waals surface area (Å²) in [6.45, 7) is 0. The molecule has 0 heterocycles. The van der Waals surface area contributed by atoms with E-state index in [0.717, 1.165) is 11.1 Å². The van der Waals surface area contributed by atoms with Crippen molar-refractivity contribution in [2.45, 2.75) is 6.42 Å². The molecule has 16 heavy (non-hydrogen) atoms. The Morgan fingerprint density at radius 3 is 2.56 bits per heavy atom. The maximum absolute atomic E-state index is 9.66. The summed E-state index contributed by atoms with van der Waals surface area (Å²) in [5.41, 5.74) is 8.30. The average molecular weight is 234 g/mol. The highest BCUT2D eigenvalue weighted by Gasteiger charge is 2.05. The van der Waals surface area contributed by atoms with Crippen LogP contribution >= 0.6 is 11.6 Å². The molecule has 3 N–H and O–H groups in total. The predicted molar refractivity (Wildman–Crippen MR) is 66.8 cm³/mol. The minimum absolute atomic E-state index is 0.280. The van der Waals surface area contributed by atoms with Gasteiger partial charge in [-0.2, -0.15) is 0 Å². The molecule has 0 amide bonds. The van der Waals surface area contributed by atoms with E-state index in [1.165, 1.54) is 0 Å². The second-order valence-electron chi connectivity index (χ2n) is 3.65. The van der Waals surface area contributed by atoms with Gasteiger partial charge >= 0.3 is 0 Å². The SMILES string of the molecule is Nc1ccc(Cl)cc1Cc1ccccc1O. The maximum Gasteiger partial charge on any atom is 0.119 e. The second-order valence-corrected chi connectivity index (χ2v) is 4.09. The molecule has 0 aliphatic carbocycles. The van der Waals surface area contributed by atoms with Crippen molar-refractivity contribution in [2.24, 2.45) is 0 Å². The van der Waals surface area contributed by atoms with Gasteiger partial charge in [0.15, 0.2) is 0 Å². The monoisotopic (exact) mass is 233 g/mol. The highest BCUT2D eigenvalue weighted by atomic mass is 35.5. The average Bonchev–Trinajstić information content (AvgIpc) is 2.27. The Morgan fingerprint density at radius 2 is 1.81 bits per heavy atom. The van der Waals surface area contributed by atoms with E-state index in [0.29, 0.717) is 17.1 Å². The first-order valence-electron chi connectivity index (χ1n) is 4.97. The fourth-order valence-corrected chi connectivity index (χ4v) is 1.79. The van der Waals surface area contributed by atoms with Crippen molar-refractivity contribution in [2.75, 3.05) is 5.73 Å². The molecule has 0 saturated heterocycles. The molecule has 2 rings (SSSR count). The summed E-state index contributed by atoms with van der Waals surface area (Å²) in [5.74, 6) is 0.280. The lowest BCUT2D eigenvalue weighted by Crippen LogP contribution is -1.95. The number of nitrogen functional groups attached to an aromatic ring is 1. The summed E-state index contributed by atoms with van der Waals surface area (Å²) in [6.07, 6.45) is 0.582. The molecule has 3 heteroatoms. The van der Waals surface area contributed by atoms with Crippen LogP contribution in [-0.4, -0.2) is 5.11 Å². The molecular weight excluding hydrogens is 222 g/mol. The van der Waals surface area contributed by atoms with Crippen LogP contribution in [0.5, 0.6) is 5.75 Å². The summed E-state index contributed by atoms with van der Waals surface area (Å²) in [5, 5.41) is 10.3. The van der Waals surface area contributed by atoms with Gasteiger partial charge in [0.2, 0.25) is 0 Å². The third kappa shape index (κ3) is 2.28. The Kier molecular flexibility index (Phi) is 3.02. The van der Waals surface area contributed by atoms with Crippen LogP contribution < -0.4 is 5.73 Å². The Balaban J connectivity index is 2.34. The second kappa shape index (κ2) is 4.45. The lowest BCUT2D eigenvalue weighted by atomic mass is 10.0. The Morgan fingerprint density at radius 1 is 1.06 bits per heavy atom. The van der Waals surface area contributed by atoms with Gasteiger partial charge < -0.3 is 10.8 Å². The first kappa shape index (κ1) is 10.8. The lowest BCUT2D eigenvalue weighted by molar-refractivity contribution is 0.469. The summed E-state index contributed by atoms with van der Waals surface area (Å²) < 4.78 is 0. The van der Waals surface area contributed by atoms with Gasteiger partial charge in [0, 0.05) is 17.1 Å². The number of anilines is 1. The zero-order valence-corrected chi connectivity index (χ0v) is 9.41. The fraction of sp³-hybridized carbons (Fsp3) is 0.0769. The minimum Gasteiger partial charge on any atom is -0.508 e. The van der Waals surface area contributed by atoms with Gasteiger partial charge in [0.25, 0.3) is 0 Å². The van der Waals surface area contributed by atoms with E-state index in [1.54, 1.807) is 24.3 Å². The largest absolute Gasteiger partial charge is 0.508 e. The number of para-hydroxylation sites is 1. The predicted octanol–water partition coefficient (Wildman–Crippen LogP) is 3.22. The number of aromatic hydroxyl groups is 1. The quantitative estimate of drug-likeness (QED) is 0.783. The van der Waals surface area contributed by atoms with Gasteiger partial charge in [-0.25, -0.2) is 0 Å². The molecule has 0 saturated carbocycles. The Hall–Kier alpha value is -1.67. The van der Waals surface area contributed by atoms with Crippen LogP contribution in [-0.2, 0) is 6.42 Å². The molecule has 0 radical (unpaired) electrons. The molecule has 0 bridgehead atoms. The maximum atomic E-state index is 9.66. The van der Waals surface area contributed by atoms with E-state index in [9.17, 15) is 5.11 Å². The van der Waals surface area contributed by atoms with Crippen LogP contribution in [0.1, 0.15) is 11.1 Å². The number of nitrogens with two attached hydrogens (primary N) is 1. The Bertz CT molecular complexity index is 511. The zero-order valence-electron chi connectivity index (χ0n) is 8.65. The number of halogens is 1. The molecule has 82 valence electrons. The topological polar surface area (TPSA) is 46.2 Å². The number of phenols is 1. The normalized spacial score (nSPS) is 10.3. The number of rotatable bonds is 2. The number of hydrogen-bond donors (Lipinski definition) is 2. The van der Waals surface area contributed by atoms with Crippen molar-refractivity contribution in [1.82, 2.24) is 0 Å². The van der Waals surface area contributed by atoms with E-state index in [1.807, 2.05) is 18.2 Å². The molecule has 0 aromatic heterocycles. The summed E-state index contributed by atoms with van der Waals surface area (Å²) in [6, 6.07) is 12.6. The van der Waals surface area contributed by atoms with E-state index in [-0.39, 0.29) is 5.75 Å². The molecule has 0 spiro atoms. The van der Waals surface area contributed by atoms with Crippen molar-refractivity contribution in [3.63, 3.8) is 0 Å². The zero-order chi connectivity index (χ0) is 11.5. The molecule has 2 aromatic rings. The van der Waals surface area contributed by atoms with E-state index in [2.05, 4.69) is 0 Å². The summed E-state index contributed by atoms with van der Waals surface area (Å²) in [7, 11) is 0. The molecule has 0 atom stereocenters. The fourth-order valence-electron chi connectivity index (χ4n) is 1.59. The van der Waals surface area contributed by atoms with E-state index >= 15 is 0 Å². The van der Waals surface area contributed by atoms with Crippen molar-refractivity contribution in [1.29, 1.82) is 0 Å². The van der Waals surface area contributed by atoms with Crippen molar-refractivity contribution < 1.29 is 5.11 Å². The van der Waals surface area contributed by atoms with Crippen LogP contribution in [0.2, 0.25) is 5.02 Å². The van der Waals surface area contributed by atoms with Crippen LogP contribution in [0.4, 0.5) is 5.69 Å². The lowest BCUT2D eigenvalue weighted by Gasteiger charge is -2.07. The van der Waals surface area contributed by atoms with Crippen LogP contribution in [0.25, 0.3) is 0 Å². The molecule has 0 aliphatic heterocycles. The summed E-state index contributed by atoms with van der Waals surface area (Å²) in [4.78, 5) is 0. The molecule has 0 unspecified atom stereocenters. The minimum atomic E-state index is 0.280. The molecule has 2 nitrogen and oxygen atoms in total. The van der Waals surface area contributed by atoms with Crippen molar-refractivity contribution in [3.8, 4) is 5.75 Å². The third-order valence-corrected chi connectivity index (χ3v) is 2.71. The first-order valence-corrected chi connectivity index (χ1v) is 5.35. The van der Waals surface area contributed by atoms with E-state index in [4.69, 9.17) is 17.3 Å². The highest BCUT2D eigenvalue weighted by molar-refractivity contribution is 6.30. The van der Waals surface area contributed by atoms with Crippen molar-refractivity contribution >= 4 is 17.3 Å². The standard InChI is InChI=1S/C13H12ClNO/c14-11-5-6-12(15)10(8-11)7-9-3-1-2-4-13(9)16/h1-6,8,16H,7,15H2. The number of benzene rings is 2. The van der Waals surface area contributed by atoms with Gasteiger partial charge in [0.1, 0.15) is 5.75 Å². The number of hydrogen-bond acceptors (Lipinski definition) is 2. The molecule has 2 aromatic carbocycles. The first-order chi connectivity index (χ1) is 7.66. The molecule has 0 aliphatic rings. The molecule has 0 fully saturated rings. The number of phenolic OH excluding ortho intramolecular Hbond substituents is 1. The Labute approximate surface area is 99.3 Å². The third-order valence-electron chi connectivity index (χ3n) is 2.48.